The van der Waals surface area contributed by atoms with Crippen LogP contribution in [0.25, 0.3) is 0 Å². The van der Waals surface area contributed by atoms with Crippen molar-refractivity contribution < 1.29 is 4.74 Å². The van der Waals surface area contributed by atoms with Crippen molar-refractivity contribution >= 4 is 5.69 Å². The van der Waals surface area contributed by atoms with Crippen molar-refractivity contribution in [1.29, 1.82) is 0 Å². The molecular formula is C11H14NO. The van der Waals surface area contributed by atoms with Gasteiger partial charge in [-0.05, 0) is 12.5 Å². The molecule has 2 heteroatoms. The maximum Gasteiger partial charge on any atom is 0.0642 e. The van der Waals surface area contributed by atoms with Crippen LogP contribution in [0.1, 0.15) is 5.56 Å². The summed E-state index contributed by atoms with van der Waals surface area (Å²) in [4.78, 5) is 2.33. The van der Waals surface area contributed by atoms with Crippen LogP contribution in [0, 0.1) is 13.0 Å². The fraction of sp³-hybridized carbons (Fsp3) is 0.455. The van der Waals surface area contributed by atoms with E-state index < -0.39 is 0 Å². The van der Waals surface area contributed by atoms with Gasteiger partial charge in [0.1, 0.15) is 0 Å². The van der Waals surface area contributed by atoms with Gasteiger partial charge < -0.3 is 9.64 Å². The fourth-order valence-corrected chi connectivity index (χ4v) is 1.64. The number of anilines is 1. The zero-order valence-corrected chi connectivity index (χ0v) is 7.92. The summed E-state index contributed by atoms with van der Waals surface area (Å²) in [6.07, 6.45) is 0. The standard InChI is InChI=1S/C11H14NO/c1-10-4-2-3-5-11(10)12-6-8-13-9-7-12/h2-4H,6-9H2,1H3. The molecule has 0 aromatic heterocycles. The lowest BCUT2D eigenvalue weighted by molar-refractivity contribution is 0.122. The summed E-state index contributed by atoms with van der Waals surface area (Å²) < 4.78 is 5.31. The van der Waals surface area contributed by atoms with Crippen LogP contribution < -0.4 is 4.90 Å². The lowest BCUT2D eigenvalue weighted by Gasteiger charge is -2.29. The highest BCUT2D eigenvalue weighted by molar-refractivity contribution is 5.52. The molecule has 0 amide bonds. The molecule has 1 aromatic carbocycles. The lowest BCUT2D eigenvalue weighted by atomic mass is 10.2. The van der Waals surface area contributed by atoms with E-state index in [0.29, 0.717) is 0 Å². The quantitative estimate of drug-likeness (QED) is 0.645. The zero-order valence-electron chi connectivity index (χ0n) is 7.92. The number of ether oxygens (including phenoxy) is 1. The third-order valence-electron chi connectivity index (χ3n) is 2.36. The molecular weight excluding hydrogens is 162 g/mol. The minimum absolute atomic E-state index is 0.835. The first-order valence-electron chi connectivity index (χ1n) is 4.68. The van der Waals surface area contributed by atoms with Crippen LogP contribution >= 0.6 is 0 Å². The molecule has 1 heterocycles. The molecule has 69 valence electrons. The molecule has 0 saturated carbocycles. The minimum Gasteiger partial charge on any atom is -0.378 e. The molecule has 0 aliphatic carbocycles. The van der Waals surface area contributed by atoms with Crippen molar-refractivity contribution in [2.75, 3.05) is 31.2 Å². The number of morpholine rings is 1. The Morgan fingerprint density at radius 3 is 2.85 bits per heavy atom. The first-order valence-corrected chi connectivity index (χ1v) is 4.68. The van der Waals surface area contributed by atoms with Crippen LogP contribution in [0.5, 0.6) is 0 Å². The summed E-state index contributed by atoms with van der Waals surface area (Å²) in [5.41, 5.74) is 2.52. The van der Waals surface area contributed by atoms with Gasteiger partial charge in [0.25, 0.3) is 0 Å². The highest BCUT2D eigenvalue weighted by atomic mass is 16.5. The Hall–Kier alpha value is -1.02. The highest BCUT2D eigenvalue weighted by Gasteiger charge is 2.12. The van der Waals surface area contributed by atoms with Gasteiger partial charge in [-0.25, -0.2) is 0 Å². The molecule has 1 saturated heterocycles. The van der Waals surface area contributed by atoms with Gasteiger partial charge in [0.15, 0.2) is 0 Å². The van der Waals surface area contributed by atoms with Crippen molar-refractivity contribution in [2.45, 2.75) is 6.92 Å². The zero-order chi connectivity index (χ0) is 9.10. The van der Waals surface area contributed by atoms with E-state index in [1.165, 1.54) is 11.3 Å². The van der Waals surface area contributed by atoms with Gasteiger partial charge in [0.2, 0.25) is 0 Å². The second-order valence-corrected chi connectivity index (χ2v) is 3.30. The Morgan fingerprint density at radius 1 is 1.38 bits per heavy atom. The normalized spacial score (nSPS) is 17.5. The van der Waals surface area contributed by atoms with Gasteiger partial charge in [-0.1, -0.05) is 18.2 Å². The molecule has 2 rings (SSSR count). The monoisotopic (exact) mass is 176 g/mol. The van der Waals surface area contributed by atoms with Crippen LogP contribution in [0.2, 0.25) is 0 Å². The molecule has 1 radical (unpaired) electrons. The number of aryl methyl sites for hydroxylation is 1. The summed E-state index contributed by atoms with van der Waals surface area (Å²) >= 11 is 0. The van der Waals surface area contributed by atoms with E-state index in [1.54, 1.807) is 0 Å². The SMILES string of the molecule is Cc1ccc[c]c1N1CCOCC1. The van der Waals surface area contributed by atoms with Crippen LogP contribution in [-0.2, 0) is 4.74 Å². The Balaban J connectivity index is 2.18. The van der Waals surface area contributed by atoms with E-state index >= 15 is 0 Å². The molecule has 1 fully saturated rings. The molecule has 0 atom stereocenters. The molecule has 1 aliphatic rings. The number of hydrogen-bond donors (Lipinski definition) is 0. The van der Waals surface area contributed by atoms with Crippen molar-refractivity contribution in [3.63, 3.8) is 0 Å². The van der Waals surface area contributed by atoms with Gasteiger partial charge in [-0.3, -0.25) is 0 Å². The number of rotatable bonds is 1. The van der Waals surface area contributed by atoms with Crippen molar-refractivity contribution in [1.82, 2.24) is 0 Å². The first-order chi connectivity index (χ1) is 6.38. The molecule has 0 N–H and O–H groups in total. The average molecular weight is 176 g/mol. The van der Waals surface area contributed by atoms with E-state index in [0.717, 1.165) is 26.3 Å². The molecule has 1 aromatic rings. The van der Waals surface area contributed by atoms with Gasteiger partial charge in [-0.15, -0.1) is 0 Å². The second kappa shape index (κ2) is 3.79. The average Bonchev–Trinajstić information content (AvgIpc) is 2.20. The van der Waals surface area contributed by atoms with Gasteiger partial charge in [0, 0.05) is 24.8 Å². The lowest BCUT2D eigenvalue weighted by Crippen LogP contribution is -2.36. The second-order valence-electron chi connectivity index (χ2n) is 3.30. The Kier molecular flexibility index (Phi) is 2.50. The number of benzene rings is 1. The van der Waals surface area contributed by atoms with Gasteiger partial charge >= 0.3 is 0 Å². The molecule has 13 heavy (non-hydrogen) atoms. The smallest absolute Gasteiger partial charge is 0.0642 e. The van der Waals surface area contributed by atoms with Gasteiger partial charge in [0.05, 0.1) is 13.2 Å². The molecule has 2 nitrogen and oxygen atoms in total. The molecule has 1 aliphatic heterocycles. The minimum atomic E-state index is 0.835. The summed E-state index contributed by atoms with van der Waals surface area (Å²) in [5, 5.41) is 0. The van der Waals surface area contributed by atoms with Crippen molar-refractivity contribution in [3.8, 4) is 0 Å². The largest absolute Gasteiger partial charge is 0.378 e. The van der Waals surface area contributed by atoms with Crippen LogP contribution in [0.3, 0.4) is 0 Å². The number of para-hydroxylation sites is 1. The topological polar surface area (TPSA) is 12.5 Å². The fourth-order valence-electron chi connectivity index (χ4n) is 1.64. The van der Waals surface area contributed by atoms with E-state index in [2.05, 4.69) is 24.0 Å². The first kappa shape index (κ1) is 8.57. The van der Waals surface area contributed by atoms with E-state index in [1.807, 2.05) is 12.1 Å². The van der Waals surface area contributed by atoms with Crippen LogP contribution in [0.4, 0.5) is 5.69 Å². The van der Waals surface area contributed by atoms with Crippen LogP contribution in [-0.4, -0.2) is 26.3 Å². The highest BCUT2D eigenvalue weighted by Crippen LogP contribution is 2.19. The third-order valence-corrected chi connectivity index (χ3v) is 2.36. The summed E-state index contributed by atoms with van der Waals surface area (Å²) in [7, 11) is 0. The molecule has 0 unspecified atom stereocenters. The third kappa shape index (κ3) is 1.83. The Morgan fingerprint density at radius 2 is 2.15 bits per heavy atom. The maximum atomic E-state index is 5.31. The van der Waals surface area contributed by atoms with E-state index in [9.17, 15) is 0 Å². The molecule has 0 bridgehead atoms. The summed E-state index contributed by atoms with van der Waals surface area (Å²) in [6, 6.07) is 9.40. The summed E-state index contributed by atoms with van der Waals surface area (Å²) in [5.74, 6) is 0. The summed E-state index contributed by atoms with van der Waals surface area (Å²) in [6.45, 7) is 5.77. The molecule has 0 spiro atoms. The predicted molar refractivity (Wildman–Crippen MR) is 53.0 cm³/mol. The van der Waals surface area contributed by atoms with E-state index in [-0.39, 0.29) is 0 Å². The van der Waals surface area contributed by atoms with E-state index in [4.69, 9.17) is 4.74 Å². The Labute approximate surface area is 79.1 Å². The number of hydrogen-bond acceptors (Lipinski definition) is 2. The maximum absolute atomic E-state index is 5.31. The Bertz CT molecular complexity index is 279. The number of nitrogens with zero attached hydrogens (tertiary/aromatic N) is 1. The van der Waals surface area contributed by atoms with Crippen molar-refractivity contribution in [3.05, 3.63) is 29.8 Å². The van der Waals surface area contributed by atoms with Gasteiger partial charge in [-0.2, -0.15) is 0 Å². The predicted octanol–water partition coefficient (Wildman–Crippen LogP) is 1.63. The van der Waals surface area contributed by atoms with Crippen LogP contribution in [0.15, 0.2) is 18.2 Å². The van der Waals surface area contributed by atoms with Crippen molar-refractivity contribution in [2.24, 2.45) is 0 Å².